The summed E-state index contributed by atoms with van der Waals surface area (Å²) in [4.78, 5) is 20.7. The summed E-state index contributed by atoms with van der Waals surface area (Å²) >= 11 is 0. The number of carboxylic acid groups (broad SMARTS) is 1. The van der Waals surface area contributed by atoms with Gasteiger partial charge in [0.1, 0.15) is 17.2 Å². The van der Waals surface area contributed by atoms with Crippen LogP contribution in [0.5, 0.6) is 0 Å². The molecular weight excluding hydrogens is 359 g/mol. The number of pyridine rings is 1. The summed E-state index contributed by atoms with van der Waals surface area (Å²) in [5.74, 6) is -1.84. The van der Waals surface area contributed by atoms with E-state index in [1.165, 1.54) is 6.07 Å². The van der Waals surface area contributed by atoms with Crippen LogP contribution >= 0.6 is 0 Å². The minimum absolute atomic E-state index is 0.120. The number of carboxylic acids is 1. The van der Waals surface area contributed by atoms with Crippen molar-refractivity contribution in [1.29, 1.82) is 0 Å². The van der Waals surface area contributed by atoms with E-state index in [2.05, 4.69) is 21.8 Å². The van der Waals surface area contributed by atoms with E-state index in [-0.39, 0.29) is 22.5 Å². The van der Waals surface area contributed by atoms with Gasteiger partial charge in [-0.25, -0.2) is 14.2 Å². The fraction of sp³-hybridized carbons (Fsp3) is 0.238. The van der Waals surface area contributed by atoms with Gasteiger partial charge in [0.15, 0.2) is 0 Å². The lowest BCUT2D eigenvalue weighted by Crippen LogP contribution is -2.44. The summed E-state index contributed by atoms with van der Waals surface area (Å²) in [5, 5.41) is 10.3. The van der Waals surface area contributed by atoms with Crippen LogP contribution in [-0.4, -0.2) is 54.2 Å². The molecule has 0 aliphatic carbocycles. The van der Waals surface area contributed by atoms with Crippen LogP contribution in [0.1, 0.15) is 10.4 Å². The van der Waals surface area contributed by atoms with Crippen LogP contribution < -0.4 is 10.6 Å². The Labute approximate surface area is 162 Å². The van der Waals surface area contributed by atoms with Gasteiger partial charge in [-0.1, -0.05) is 18.2 Å². The van der Waals surface area contributed by atoms with Crippen molar-refractivity contribution in [3.05, 3.63) is 53.8 Å². The number of anilines is 2. The van der Waals surface area contributed by atoms with E-state index >= 15 is 0 Å². The first kappa shape index (κ1) is 18.2. The molecule has 1 aliphatic rings. The van der Waals surface area contributed by atoms with E-state index in [1.54, 1.807) is 18.2 Å². The first-order valence-corrected chi connectivity index (χ1v) is 9.10. The molecular formula is C21H21FN4O2. The lowest BCUT2D eigenvalue weighted by Gasteiger charge is -2.34. The first-order chi connectivity index (χ1) is 13.5. The number of halogens is 1. The second-order valence-corrected chi connectivity index (χ2v) is 7.02. The van der Waals surface area contributed by atoms with Crippen molar-refractivity contribution in [2.24, 2.45) is 0 Å². The van der Waals surface area contributed by atoms with Crippen molar-refractivity contribution in [3.8, 4) is 11.1 Å². The number of aromatic carboxylic acids is 1. The normalized spacial score (nSPS) is 15.1. The summed E-state index contributed by atoms with van der Waals surface area (Å²) in [6, 6.07) is 11.8. The molecule has 0 unspecified atom stereocenters. The molecule has 1 saturated heterocycles. The molecule has 7 heteroatoms. The molecule has 144 valence electrons. The number of hydrogen-bond acceptors (Lipinski definition) is 5. The van der Waals surface area contributed by atoms with Crippen LogP contribution in [0.25, 0.3) is 22.0 Å². The third kappa shape index (κ3) is 3.14. The molecule has 1 fully saturated rings. The van der Waals surface area contributed by atoms with Gasteiger partial charge in [-0.15, -0.1) is 0 Å². The zero-order valence-electron chi connectivity index (χ0n) is 15.5. The van der Waals surface area contributed by atoms with Gasteiger partial charge in [-0.05, 0) is 31.3 Å². The number of carbonyl (C=O) groups is 1. The van der Waals surface area contributed by atoms with Gasteiger partial charge in [0.05, 0.1) is 5.52 Å². The van der Waals surface area contributed by atoms with E-state index in [9.17, 15) is 14.3 Å². The van der Waals surface area contributed by atoms with Crippen LogP contribution in [0.4, 0.5) is 15.9 Å². The lowest BCUT2D eigenvalue weighted by molar-refractivity contribution is 0.0698. The summed E-state index contributed by atoms with van der Waals surface area (Å²) in [6.45, 7) is 3.62. The smallest absolute Gasteiger partial charge is 0.340 e. The molecule has 4 rings (SSSR count). The molecule has 0 atom stereocenters. The zero-order chi connectivity index (χ0) is 19.8. The number of benzene rings is 2. The van der Waals surface area contributed by atoms with E-state index in [0.29, 0.717) is 10.9 Å². The highest BCUT2D eigenvalue weighted by molar-refractivity contribution is 6.10. The molecule has 1 aliphatic heterocycles. The van der Waals surface area contributed by atoms with Crippen molar-refractivity contribution in [3.63, 3.8) is 0 Å². The van der Waals surface area contributed by atoms with Crippen molar-refractivity contribution < 1.29 is 14.3 Å². The minimum atomic E-state index is -1.23. The SMILES string of the molecule is CN1CCN(c2ccc3nc(N)c(C(=O)O)c(-c4ccccc4F)c3c2)CC1. The van der Waals surface area contributed by atoms with Crippen molar-refractivity contribution in [2.45, 2.75) is 0 Å². The Bertz CT molecular complexity index is 1060. The van der Waals surface area contributed by atoms with Crippen LogP contribution in [0, 0.1) is 5.82 Å². The van der Waals surface area contributed by atoms with Gasteiger partial charge < -0.3 is 20.6 Å². The summed E-state index contributed by atoms with van der Waals surface area (Å²) in [6.07, 6.45) is 0. The highest BCUT2D eigenvalue weighted by Gasteiger charge is 2.23. The number of nitrogens with zero attached hydrogens (tertiary/aromatic N) is 3. The topological polar surface area (TPSA) is 82.7 Å². The molecule has 3 aromatic rings. The molecule has 0 spiro atoms. The third-order valence-corrected chi connectivity index (χ3v) is 5.22. The number of fused-ring (bicyclic) bond motifs is 1. The fourth-order valence-corrected chi connectivity index (χ4v) is 3.69. The van der Waals surface area contributed by atoms with Gasteiger partial charge in [0, 0.05) is 48.4 Å². The third-order valence-electron chi connectivity index (χ3n) is 5.22. The van der Waals surface area contributed by atoms with Gasteiger partial charge in [0.2, 0.25) is 0 Å². The Morgan fingerprint density at radius 1 is 1.14 bits per heavy atom. The monoisotopic (exact) mass is 380 g/mol. The lowest BCUT2D eigenvalue weighted by atomic mass is 9.94. The highest BCUT2D eigenvalue weighted by atomic mass is 19.1. The number of aromatic nitrogens is 1. The quantitative estimate of drug-likeness (QED) is 0.727. The predicted molar refractivity (Wildman–Crippen MR) is 108 cm³/mol. The van der Waals surface area contributed by atoms with Crippen molar-refractivity contribution >= 4 is 28.4 Å². The van der Waals surface area contributed by atoms with Crippen LogP contribution in [0.2, 0.25) is 0 Å². The zero-order valence-corrected chi connectivity index (χ0v) is 15.5. The average molecular weight is 380 g/mol. The van der Waals surface area contributed by atoms with E-state index in [1.807, 2.05) is 18.2 Å². The summed E-state index contributed by atoms with van der Waals surface area (Å²) in [5.41, 5.74) is 7.74. The van der Waals surface area contributed by atoms with Gasteiger partial charge >= 0.3 is 5.97 Å². The van der Waals surface area contributed by atoms with E-state index < -0.39 is 11.8 Å². The van der Waals surface area contributed by atoms with E-state index in [0.717, 1.165) is 31.9 Å². The minimum Gasteiger partial charge on any atom is -0.478 e. The Kier molecular flexibility index (Phi) is 4.60. The molecule has 2 heterocycles. The largest absolute Gasteiger partial charge is 0.478 e. The second-order valence-electron chi connectivity index (χ2n) is 7.02. The molecule has 1 aromatic heterocycles. The van der Waals surface area contributed by atoms with Crippen LogP contribution in [0.3, 0.4) is 0 Å². The predicted octanol–water partition coefficient (Wildman–Crippen LogP) is 3.07. The van der Waals surface area contributed by atoms with Gasteiger partial charge in [-0.2, -0.15) is 0 Å². The molecule has 0 saturated carbocycles. The Balaban J connectivity index is 1.97. The summed E-state index contributed by atoms with van der Waals surface area (Å²) in [7, 11) is 2.08. The second kappa shape index (κ2) is 7.09. The molecule has 0 amide bonds. The van der Waals surface area contributed by atoms with Crippen LogP contribution in [0.15, 0.2) is 42.5 Å². The molecule has 2 aromatic carbocycles. The van der Waals surface area contributed by atoms with E-state index in [4.69, 9.17) is 5.73 Å². The standard InChI is InChI=1S/C21H21FN4O2/c1-25-8-10-26(11-9-25)13-6-7-17-15(12-13)18(14-4-2-3-5-16(14)22)19(21(27)28)20(23)24-17/h2-7,12H,8-11H2,1H3,(H2,23,24)(H,27,28). The first-order valence-electron chi connectivity index (χ1n) is 9.10. The molecule has 28 heavy (non-hydrogen) atoms. The Hall–Kier alpha value is -3.19. The van der Waals surface area contributed by atoms with Gasteiger partial charge in [0.25, 0.3) is 0 Å². The van der Waals surface area contributed by atoms with Gasteiger partial charge in [-0.3, -0.25) is 0 Å². The number of nitrogens with two attached hydrogens (primary N) is 1. The van der Waals surface area contributed by atoms with Crippen molar-refractivity contribution in [1.82, 2.24) is 9.88 Å². The average Bonchev–Trinajstić information content (AvgIpc) is 2.67. The molecule has 0 radical (unpaired) electrons. The molecule has 3 N–H and O–H groups in total. The molecule has 0 bridgehead atoms. The Morgan fingerprint density at radius 3 is 2.54 bits per heavy atom. The maximum Gasteiger partial charge on any atom is 0.340 e. The number of likely N-dealkylation sites (N-methyl/N-ethyl adjacent to an activating group) is 1. The maximum atomic E-state index is 14.6. The maximum absolute atomic E-state index is 14.6. The number of piperazine rings is 1. The fourth-order valence-electron chi connectivity index (χ4n) is 3.69. The summed E-state index contributed by atoms with van der Waals surface area (Å²) < 4.78 is 14.6. The Morgan fingerprint density at radius 2 is 1.86 bits per heavy atom. The number of rotatable bonds is 3. The number of nitrogen functional groups attached to an aromatic ring is 1. The number of hydrogen-bond donors (Lipinski definition) is 2. The highest BCUT2D eigenvalue weighted by Crippen LogP contribution is 2.37. The van der Waals surface area contributed by atoms with Crippen molar-refractivity contribution in [2.75, 3.05) is 43.9 Å². The van der Waals surface area contributed by atoms with Crippen LogP contribution in [-0.2, 0) is 0 Å². The molecule has 6 nitrogen and oxygen atoms in total.